The first-order valence-electron chi connectivity index (χ1n) is 7.00. The Morgan fingerprint density at radius 2 is 2.05 bits per heavy atom. The third-order valence-corrected chi connectivity index (χ3v) is 3.53. The maximum atomic E-state index is 12.4. The molecule has 2 heterocycles. The molecule has 2 aliphatic rings. The van der Waals surface area contributed by atoms with Gasteiger partial charge in [0.05, 0.1) is 18.4 Å². The Morgan fingerprint density at radius 3 is 2.75 bits per heavy atom. The second-order valence-electron chi connectivity index (χ2n) is 4.56. The van der Waals surface area contributed by atoms with Crippen LogP contribution in [0.3, 0.4) is 0 Å². The molecule has 1 N–H and O–H groups in total. The molecule has 1 unspecified atom stereocenters. The Bertz CT molecular complexity index is 528. The number of hydrogen-bond donors (Lipinski definition) is 1. The Balaban J connectivity index is 0.000000704. The fraction of sp³-hybridized carbons (Fsp3) is 0.467. The minimum absolute atomic E-state index is 0.0928. The summed E-state index contributed by atoms with van der Waals surface area (Å²) < 4.78 is 5.12. The number of nitrogens with one attached hydrogen (secondary N) is 1. The van der Waals surface area contributed by atoms with Gasteiger partial charge in [-0.15, -0.1) is 0 Å². The van der Waals surface area contributed by atoms with Gasteiger partial charge in [0.2, 0.25) is 5.91 Å². The molecule has 0 aromatic heterocycles. The highest BCUT2D eigenvalue weighted by molar-refractivity contribution is 6.10. The fourth-order valence-corrected chi connectivity index (χ4v) is 2.59. The Labute approximate surface area is 118 Å². The van der Waals surface area contributed by atoms with E-state index < -0.39 is 0 Å². The number of hydrogen-bond acceptors (Lipinski definition) is 3. The van der Waals surface area contributed by atoms with E-state index in [2.05, 4.69) is 5.32 Å². The number of nitrogens with zero attached hydrogens (tertiary/aromatic N) is 1. The smallest absolute Gasteiger partial charge is 0.256 e. The molecule has 1 atom stereocenters. The lowest BCUT2D eigenvalue weighted by atomic mass is 10.1. The van der Waals surface area contributed by atoms with E-state index in [9.17, 15) is 9.59 Å². The molecule has 5 nitrogen and oxygen atoms in total. The lowest BCUT2D eigenvalue weighted by Crippen LogP contribution is -2.40. The van der Waals surface area contributed by atoms with Crippen molar-refractivity contribution in [3.05, 3.63) is 23.8 Å². The van der Waals surface area contributed by atoms with Crippen LogP contribution in [0.5, 0.6) is 5.75 Å². The summed E-state index contributed by atoms with van der Waals surface area (Å²) in [5.74, 6) is 0.434. The highest BCUT2D eigenvalue weighted by atomic mass is 16.5. The standard InChI is InChI=1S/C13H14N2O3.C2H6/c1-18-8-4-5-10-9(7-8)13(17)15-6-2-3-11(15)12(16)14-10;1-2/h4-5,7,11H,2-3,6H2,1H3,(H,14,16);1-2H3. The van der Waals surface area contributed by atoms with Gasteiger partial charge >= 0.3 is 0 Å². The summed E-state index contributed by atoms with van der Waals surface area (Å²) in [6.45, 7) is 4.65. The summed E-state index contributed by atoms with van der Waals surface area (Å²) in [4.78, 5) is 26.1. The molecule has 20 heavy (non-hydrogen) atoms. The topological polar surface area (TPSA) is 58.6 Å². The number of carbonyl (C=O) groups is 2. The molecule has 0 radical (unpaired) electrons. The average molecular weight is 276 g/mol. The van der Waals surface area contributed by atoms with Crippen LogP contribution in [0.15, 0.2) is 18.2 Å². The lowest BCUT2D eigenvalue weighted by molar-refractivity contribution is -0.119. The van der Waals surface area contributed by atoms with Gasteiger partial charge in [-0.2, -0.15) is 0 Å². The molecule has 5 heteroatoms. The minimum atomic E-state index is -0.323. The second kappa shape index (κ2) is 5.94. The predicted molar refractivity (Wildman–Crippen MR) is 77.0 cm³/mol. The molecule has 1 aromatic carbocycles. The third-order valence-electron chi connectivity index (χ3n) is 3.53. The van der Waals surface area contributed by atoms with Crippen molar-refractivity contribution in [2.45, 2.75) is 32.7 Å². The number of benzene rings is 1. The Kier molecular flexibility index (Phi) is 4.27. The number of fused-ring (bicyclic) bond motifs is 2. The molecule has 1 saturated heterocycles. The zero-order valence-electron chi connectivity index (χ0n) is 12.1. The zero-order chi connectivity index (χ0) is 14.7. The molecule has 1 fully saturated rings. The summed E-state index contributed by atoms with van der Waals surface area (Å²) in [5.41, 5.74) is 1.08. The number of anilines is 1. The van der Waals surface area contributed by atoms with Gasteiger partial charge in [-0.1, -0.05) is 13.8 Å². The van der Waals surface area contributed by atoms with Crippen molar-refractivity contribution in [1.29, 1.82) is 0 Å². The molecular formula is C15H20N2O3. The second-order valence-corrected chi connectivity index (χ2v) is 4.56. The van der Waals surface area contributed by atoms with Crippen molar-refractivity contribution >= 4 is 17.5 Å². The minimum Gasteiger partial charge on any atom is -0.497 e. The van der Waals surface area contributed by atoms with Crippen molar-refractivity contribution < 1.29 is 14.3 Å². The molecule has 3 rings (SSSR count). The summed E-state index contributed by atoms with van der Waals surface area (Å²) >= 11 is 0. The van der Waals surface area contributed by atoms with Crippen LogP contribution in [-0.2, 0) is 4.79 Å². The first kappa shape index (κ1) is 14.4. The maximum absolute atomic E-state index is 12.4. The van der Waals surface area contributed by atoms with Gasteiger partial charge < -0.3 is 15.0 Å². The Hall–Kier alpha value is -2.04. The van der Waals surface area contributed by atoms with E-state index in [1.807, 2.05) is 13.8 Å². The van der Waals surface area contributed by atoms with Crippen LogP contribution < -0.4 is 10.1 Å². The molecule has 0 bridgehead atoms. The van der Waals surface area contributed by atoms with Crippen LogP contribution in [-0.4, -0.2) is 36.4 Å². The molecule has 2 aliphatic heterocycles. The normalized spacial score (nSPS) is 20.1. The van der Waals surface area contributed by atoms with Crippen molar-refractivity contribution in [2.24, 2.45) is 0 Å². The highest BCUT2D eigenvalue weighted by Gasteiger charge is 2.38. The maximum Gasteiger partial charge on any atom is 0.256 e. The van der Waals surface area contributed by atoms with Gasteiger partial charge in [-0.05, 0) is 31.0 Å². The van der Waals surface area contributed by atoms with Crippen molar-refractivity contribution in [1.82, 2.24) is 4.90 Å². The molecule has 0 spiro atoms. The number of rotatable bonds is 1. The molecule has 1 aromatic rings. The molecule has 108 valence electrons. The average Bonchev–Trinajstić information content (AvgIpc) is 2.95. The van der Waals surface area contributed by atoms with Crippen LogP contribution in [0.25, 0.3) is 0 Å². The van der Waals surface area contributed by atoms with Crippen LogP contribution in [0.4, 0.5) is 5.69 Å². The van der Waals surface area contributed by atoms with Crippen LogP contribution in [0, 0.1) is 0 Å². The summed E-state index contributed by atoms with van der Waals surface area (Å²) in [6, 6.07) is 4.81. The van der Waals surface area contributed by atoms with Gasteiger partial charge in [0.15, 0.2) is 0 Å². The number of carbonyl (C=O) groups excluding carboxylic acids is 2. The highest BCUT2D eigenvalue weighted by Crippen LogP contribution is 2.30. The van der Waals surface area contributed by atoms with Crippen molar-refractivity contribution in [2.75, 3.05) is 19.0 Å². The number of amides is 2. The lowest BCUT2D eigenvalue weighted by Gasteiger charge is -2.19. The third kappa shape index (κ3) is 2.35. The van der Waals surface area contributed by atoms with Crippen molar-refractivity contribution in [3.8, 4) is 5.75 Å². The van der Waals surface area contributed by atoms with E-state index in [4.69, 9.17) is 4.74 Å². The molecule has 0 aliphatic carbocycles. The van der Waals surface area contributed by atoms with Gasteiger partial charge in [-0.3, -0.25) is 9.59 Å². The predicted octanol–water partition coefficient (Wildman–Crippen LogP) is 2.28. The van der Waals surface area contributed by atoms with Crippen LogP contribution in [0.1, 0.15) is 37.0 Å². The largest absolute Gasteiger partial charge is 0.497 e. The van der Waals surface area contributed by atoms with Gasteiger partial charge in [0, 0.05) is 6.54 Å². The fourth-order valence-electron chi connectivity index (χ4n) is 2.59. The van der Waals surface area contributed by atoms with E-state index in [1.54, 1.807) is 30.2 Å². The number of ether oxygens (including phenoxy) is 1. The van der Waals surface area contributed by atoms with E-state index in [-0.39, 0.29) is 17.9 Å². The van der Waals surface area contributed by atoms with E-state index in [0.717, 1.165) is 12.8 Å². The quantitative estimate of drug-likeness (QED) is 0.856. The van der Waals surface area contributed by atoms with Gasteiger partial charge in [-0.25, -0.2) is 0 Å². The van der Waals surface area contributed by atoms with E-state index in [0.29, 0.717) is 23.5 Å². The van der Waals surface area contributed by atoms with Gasteiger partial charge in [0.1, 0.15) is 11.8 Å². The summed E-state index contributed by atoms with van der Waals surface area (Å²) in [6.07, 6.45) is 1.62. The molecule has 0 saturated carbocycles. The summed E-state index contributed by atoms with van der Waals surface area (Å²) in [7, 11) is 1.56. The number of methoxy groups -OCH3 is 1. The molecular weight excluding hydrogens is 256 g/mol. The SMILES string of the molecule is CC.COc1ccc2c(c1)C(=O)N1CCCC1C(=O)N2. The monoisotopic (exact) mass is 276 g/mol. The Morgan fingerprint density at radius 1 is 1.30 bits per heavy atom. The molecule has 2 amide bonds. The summed E-state index contributed by atoms with van der Waals surface area (Å²) in [5, 5.41) is 2.82. The van der Waals surface area contributed by atoms with E-state index >= 15 is 0 Å². The van der Waals surface area contributed by atoms with Crippen LogP contribution >= 0.6 is 0 Å². The first-order valence-corrected chi connectivity index (χ1v) is 7.00. The first-order chi connectivity index (χ1) is 9.70. The zero-order valence-corrected chi connectivity index (χ0v) is 12.1. The van der Waals surface area contributed by atoms with Crippen molar-refractivity contribution in [3.63, 3.8) is 0 Å². The van der Waals surface area contributed by atoms with Gasteiger partial charge in [0.25, 0.3) is 5.91 Å². The van der Waals surface area contributed by atoms with Crippen LogP contribution in [0.2, 0.25) is 0 Å². The van der Waals surface area contributed by atoms with E-state index in [1.165, 1.54) is 0 Å².